The lowest BCUT2D eigenvalue weighted by Crippen LogP contribution is -2.34. The van der Waals surface area contributed by atoms with Gasteiger partial charge in [0.2, 0.25) is 0 Å². The van der Waals surface area contributed by atoms with Crippen molar-refractivity contribution >= 4 is 23.5 Å². The van der Waals surface area contributed by atoms with Gasteiger partial charge in [0.25, 0.3) is 5.91 Å². The topological polar surface area (TPSA) is 81.7 Å². The summed E-state index contributed by atoms with van der Waals surface area (Å²) in [6.07, 6.45) is 1.57. The van der Waals surface area contributed by atoms with Gasteiger partial charge in [-0.2, -0.15) is 0 Å². The van der Waals surface area contributed by atoms with Crippen molar-refractivity contribution in [2.75, 3.05) is 11.9 Å². The highest BCUT2D eigenvalue weighted by Gasteiger charge is 2.64. The minimum Gasteiger partial charge on any atom is -0.462 e. The number of nitrogens with one attached hydrogen (secondary N) is 1. The third kappa shape index (κ3) is 2.79. The van der Waals surface area contributed by atoms with E-state index in [1.807, 2.05) is 32.0 Å². The van der Waals surface area contributed by atoms with Gasteiger partial charge in [0.15, 0.2) is 6.61 Å². The Kier molecular flexibility index (Phi) is 3.78. The van der Waals surface area contributed by atoms with Crippen molar-refractivity contribution in [1.29, 1.82) is 0 Å². The quantitative estimate of drug-likeness (QED) is 0.846. The predicted molar refractivity (Wildman–Crippen MR) is 88.6 cm³/mol. The standard InChI is InChI=1S/C19H21NO5/c1-9-3-10(2)5-12(4-9)20-15(21)8-24-18(22)16-11-6-13-14(7-11)25-19(23)17(13)16/h3-5,11,13-14,16-17H,6-8H2,1-2H3,(H,20,21)/t11-,13+,14-,16-,17-/m1/s1. The van der Waals surface area contributed by atoms with Crippen molar-refractivity contribution in [3.05, 3.63) is 29.3 Å². The Morgan fingerprint density at radius 1 is 1.20 bits per heavy atom. The van der Waals surface area contributed by atoms with E-state index in [2.05, 4.69) is 5.32 Å². The summed E-state index contributed by atoms with van der Waals surface area (Å²) in [6, 6.07) is 5.73. The third-order valence-electron chi connectivity index (χ3n) is 5.61. The molecular formula is C19H21NO5. The number of hydrogen-bond donors (Lipinski definition) is 1. The van der Waals surface area contributed by atoms with E-state index >= 15 is 0 Å². The van der Waals surface area contributed by atoms with Crippen LogP contribution in [-0.2, 0) is 23.9 Å². The lowest BCUT2D eigenvalue weighted by Gasteiger charge is -2.22. The molecule has 0 spiro atoms. The van der Waals surface area contributed by atoms with E-state index < -0.39 is 11.9 Å². The van der Waals surface area contributed by atoms with Crippen LogP contribution in [0.2, 0.25) is 0 Å². The number of anilines is 1. The van der Waals surface area contributed by atoms with Gasteiger partial charge in [0, 0.05) is 11.6 Å². The Hall–Kier alpha value is -2.37. The minimum atomic E-state index is -0.453. The minimum absolute atomic E-state index is 0.0144. The van der Waals surface area contributed by atoms with Crippen LogP contribution in [0.15, 0.2) is 18.2 Å². The maximum Gasteiger partial charge on any atom is 0.310 e. The molecule has 25 heavy (non-hydrogen) atoms. The first-order valence-corrected chi connectivity index (χ1v) is 8.67. The fourth-order valence-electron chi connectivity index (χ4n) is 4.80. The Morgan fingerprint density at radius 2 is 1.92 bits per heavy atom. The second-order valence-electron chi connectivity index (χ2n) is 7.45. The monoisotopic (exact) mass is 343 g/mol. The van der Waals surface area contributed by atoms with Gasteiger partial charge in [-0.15, -0.1) is 0 Å². The highest BCUT2D eigenvalue weighted by atomic mass is 16.6. The van der Waals surface area contributed by atoms with Gasteiger partial charge in [-0.1, -0.05) is 6.07 Å². The van der Waals surface area contributed by atoms with E-state index in [0.717, 1.165) is 24.0 Å². The maximum absolute atomic E-state index is 12.4. The van der Waals surface area contributed by atoms with Gasteiger partial charge in [-0.05, 0) is 55.9 Å². The average Bonchev–Trinajstić information content (AvgIpc) is 3.13. The molecule has 2 saturated carbocycles. The first-order chi connectivity index (χ1) is 11.9. The normalized spacial score (nSPS) is 31.8. The molecule has 1 aromatic carbocycles. The van der Waals surface area contributed by atoms with Crippen LogP contribution in [0.5, 0.6) is 0 Å². The highest BCUT2D eigenvalue weighted by molar-refractivity contribution is 5.93. The van der Waals surface area contributed by atoms with Crippen molar-refractivity contribution in [3.63, 3.8) is 0 Å². The molecule has 0 unspecified atom stereocenters. The number of fused-ring (bicyclic) bond motifs is 1. The molecule has 0 aromatic heterocycles. The van der Waals surface area contributed by atoms with Crippen molar-refractivity contribution in [2.24, 2.45) is 23.7 Å². The van der Waals surface area contributed by atoms with Crippen molar-refractivity contribution in [1.82, 2.24) is 0 Å². The van der Waals surface area contributed by atoms with Crippen molar-refractivity contribution < 1.29 is 23.9 Å². The molecule has 132 valence electrons. The fourth-order valence-corrected chi connectivity index (χ4v) is 4.80. The van der Waals surface area contributed by atoms with E-state index in [1.54, 1.807) is 0 Å². The summed E-state index contributed by atoms with van der Waals surface area (Å²) < 4.78 is 10.5. The first-order valence-electron chi connectivity index (χ1n) is 8.67. The number of hydrogen-bond acceptors (Lipinski definition) is 5. The van der Waals surface area contributed by atoms with Crippen LogP contribution in [0.3, 0.4) is 0 Å². The molecule has 6 nitrogen and oxygen atoms in total. The number of esters is 2. The van der Waals surface area contributed by atoms with E-state index in [9.17, 15) is 14.4 Å². The molecule has 1 saturated heterocycles. The number of carbonyl (C=O) groups excluding carboxylic acids is 3. The number of benzene rings is 1. The number of aryl methyl sites for hydroxylation is 2. The molecule has 0 radical (unpaired) electrons. The number of ether oxygens (including phenoxy) is 2. The van der Waals surface area contributed by atoms with Gasteiger partial charge in [0.05, 0.1) is 11.8 Å². The Labute approximate surface area is 145 Å². The van der Waals surface area contributed by atoms with E-state index in [0.29, 0.717) is 5.69 Å². The molecule has 2 aliphatic carbocycles. The van der Waals surface area contributed by atoms with Gasteiger partial charge in [-0.3, -0.25) is 14.4 Å². The molecular weight excluding hydrogens is 322 g/mol. The van der Waals surface area contributed by atoms with Crippen molar-refractivity contribution in [3.8, 4) is 0 Å². The van der Waals surface area contributed by atoms with Crippen LogP contribution in [0.1, 0.15) is 24.0 Å². The number of amides is 1. The molecule has 3 fully saturated rings. The van der Waals surface area contributed by atoms with Crippen LogP contribution in [0.25, 0.3) is 0 Å². The summed E-state index contributed by atoms with van der Waals surface area (Å²) in [5, 5.41) is 2.74. The highest BCUT2D eigenvalue weighted by Crippen LogP contribution is 2.57. The molecule has 1 N–H and O–H groups in total. The second-order valence-corrected chi connectivity index (χ2v) is 7.45. The number of carbonyl (C=O) groups is 3. The second kappa shape index (κ2) is 5.86. The zero-order valence-electron chi connectivity index (χ0n) is 14.3. The maximum atomic E-state index is 12.4. The van der Waals surface area contributed by atoms with Crippen LogP contribution in [-0.4, -0.2) is 30.6 Å². The van der Waals surface area contributed by atoms with Crippen molar-refractivity contribution in [2.45, 2.75) is 32.8 Å². The first kappa shape index (κ1) is 16.1. The van der Waals surface area contributed by atoms with Crippen LogP contribution >= 0.6 is 0 Å². The van der Waals surface area contributed by atoms with E-state index in [1.165, 1.54) is 0 Å². The summed E-state index contributed by atoms with van der Waals surface area (Å²) >= 11 is 0. The zero-order valence-corrected chi connectivity index (χ0v) is 14.3. The molecule has 1 aromatic rings. The lowest BCUT2D eigenvalue weighted by atomic mass is 9.80. The summed E-state index contributed by atoms with van der Waals surface area (Å²) in [5.41, 5.74) is 2.77. The Balaban J connectivity index is 1.34. The van der Waals surface area contributed by atoms with Gasteiger partial charge in [0.1, 0.15) is 6.10 Å². The fraction of sp³-hybridized carbons (Fsp3) is 0.526. The SMILES string of the molecule is Cc1cc(C)cc(NC(=O)COC(=O)[C@@H]2[C@@H]3C[C@@H]4[C@H]2C(=O)O[C@@H]4C3)c1. The molecule has 4 rings (SSSR count). The molecule has 2 bridgehead atoms. The van der Waals surface area contributed by atoms with E-state index in [-0.39, 0.29) is 42.3 Å². The molecule has 1 aliphatic heterocycles. The summed E-state index contributed by atoms with van der Waals surface area (Å²) in [6.45, 7) is 3.56. The molecule has 1 heterocycles. The van der Waals surface area contributed by atoms with Crippen LogP contribution in [0, 0.1) is 37.5 Å². The summed E-state index contributed by atoms with van der Waals surface area (Å²) in [4.78, 5) is 36.4. The molecule has 1 amide bonds. The van der Waals surface area contributed by atoms with Gasteiger partial charge >= 0.3 is 11.9 Å². The summed E-state index contributed by atoms with van der Waals surface area (Å²) in [5.74, 6) is -1.65. The largest absolute Gasteiger partial charge is 0.462 e. The molecule has 6 heteroatoms. The smallest absolute Gasteiger partial charge is 0.310 e. The predicted octanol–water partition coefficient (Wildman–Crippen LogP) is 1.98. The van der Waals surface area contributed by atoms with Crippen LogP contribution < -0.4 is 5.32 Å². The van der Waals surface area contributed by atoms with Gasteiger partial charge < -0.3 is 14.8 Å². The summed E-state index contributed by atoms with van der Waals surface area (Å²) in [7, 11) is 0. The lowest BCUT2D eigenvalue weighted by molar-refractivity contribution is -0.157. The Bertz CT molecular complexity index is 736. The molecule has 5 atom stereocenters. The van der Waals surface area contributed by atoms with E-state index in [4.69, 9.17) is 9.47 Å². The zero-order chi connectivity index (χ0) is 17.7. The third-order valence-corrected chi connectivity index (χ3v) is 5.61. The van der Waals surface area contributed by atoms with Gasteiger partial charge in [-0.25, -0.2) is 0 Å². The molecule has 3 aliphatic rings. The van der Waals surface area contributed by atoms with Crippen LogP contribution in [0.4, 0.5) is 5.69 Å². The number of rotatable bonds is 4. The Morgan fingerprint density at radius 3 is 2.64 bits per heavy atom. The average molecular weight is 343 g/mol.